The van der Waals surface area contributed by atoms with Crippen LogP contribution in [0.5, 0.6) is 0 Å². The molecule has 2 aliphatic rings. The first-order valence-electron chi connectivity index (χ1n) is 14.5. The molecule has 214 valence electrons. The maximum atomic E-state index is 11.7. The Morgan fingerprint density at radius 3 is 2.41 bits per heavy atom. The van der Waals surface area contributed by atoms with Crippen LogP contribution in [0.1, 0.15) is 70.3 Å². The smallest absolute Gasteiger partial charge is 0.329 e. The number of anilines is 2. The van der Waals surface area contributed by atoms with Crippen LogP contribution in [0.15, 0.2) is 30.5 Å². The van der Waals surface area contributed by atoms with Crippen LogP contribution in [0.4, 0.5) is 17.5 Å². The Labute approximate surface area is 236 Å². The van der Waals surface area contributed by atoms with E-state index in [0.29, 0.717) is 47.7 Å². The molecule has 0 spiro atoms. The average Bonchev–Trinajstić information content (AvgIpc) is 2.92. The minimum atomic E-state index is -0.433. The molecule has 4 N–H and O–H groups in total. The Balaban J connectivity index is 1.33. The number of nitrogens with one attached hydrogen (secondary N) is 3. The van der Waals surface area contributed by atoms with Crippen molar-refractivity contribution in [2.45, 2.75) is 77.4 Å². The maximum Gasteiger partial charge on any atom is 0.329 e. The summed E-state index contributed by atoms with van der Waals surface area (Å²) < 4.78 is 0. The molecule has 2 fully saturated rings. The van der Waals surface area contributed by atoms with Crippen molar-refractivity contribution in [1.82, 2.24) is 15.3 Å². The van der Waals surface area contributed by atoms with Crippen molar-refractivity contribution in [3.8, 4) is 0 Å². The Kier molecular flexibility index (Phi) is 11.2. The molecule has 0 amide bonds. The molecule has 1 unspecified atom stereocenters. The van der Waals surface area contributed by atoms with E-state index in [1.807, 2.05) is 24.3 Å². The number of nitro groups is 1. The maximum absolute atomic E-state index is 11.7. The fourth-order valence-corrected chi connectivity index (χ4v) is 6.50. The lowest BCUT2D eigenvalue weighted by atomic mass is 9.73. The van der Waals surface area contributed by atoms with Gasteiger partial charge in [0, 0.05) is 18.1 Å². The standard InChI is InChI=1S/C29H43ClN6O3/c1-2-5-21-12-22(16-31-15-20-8-10-25(37)11-9-20)14-23(13-21)17-32-28-27(36(38)39)19-34-29(35-28)33-18-24-6-3-4-7-26(24)30/h3-4,6-7,19-23,25,31,37H,2,5,8-18H2,1H3,(H2,32,33,34,35)/t20-,21?,22-,23-,25-/m1/s1. The summed E-state index contributed by atoms with van der Waals surface area (Å²) >= 11 is 6.25. The molecule has 1 aromatic heterocycles. The number of halogens is 1. The van der Waals surface area contributed by atoms with Crippen LogP contribution in [-0.2, 0) is 6.54 Å². The molecule has 4 rings (SSSR count). The summed E-state index contributed by atoms with van der Waals surface area (Å²) in [6.07, 6.45) is 11.1. The highest BCUT2D eigenvalue weighted by Gasteiger charge is 2.29. The third-order valence-electron chi connectivity index (χ3n) is 8.30. The second-order valence-corrected chi connectivity index (χ2v) is 11.8. The quantitative estimate of drug-likeness (QED) is 0.173. The highest BCUT2D eigenvalue weighted by atomic mass is 35.5. The number of hydrogen-bond donors (Lipinski definition) is 4. The molecule has 2 saturated carbocycles. The van der Waals surface area contributed by atoms with E-state index in [-0.39, 0.29) is 17.6 Å². The van der Waals surface area contributed by atoms with E-state index in [1.165, 1.54) is 25.5 Å². The number of rotatable bonds is 13. The van der Waals surface area contributed by atoms with E-state index in [2.05, 4.69) is 32.8 Å². The molecule has 1 heterocycles. The zero-order valence-corrected chi connectivity index (χ0v) is 23.7. The van der Waals surface area contributed by atoms with E-state index in [0.717, 1.165) is 57.2 Å². The van der Waals surface area contributed by atoms with Crippen molar-refractivity contribution < 1.29 is 10.0 Å². The Morgan fingerprint density at radius 1 is 1.00 bits per heavy atom. The van der Waals surface area contributed by atoms with Gasteiger partial charge in [-0.15, -0.1) is 0 Å². The zero-order chi connectivity index (χ0) is 27.6. The van der Waals surface area contributed by atoms with Crippen LogP contribution in [-0.4, -0.2) is 45.7 Å². The Hall–Kier alpha value is -2.49. The molecule has 39 heavy (non-hydrogen) atoms. The van der Waals surface area contributed by atoms with Gasteiger partial charge in [-0.3, -0.25) is 10.1 Å². The summed E-state index contributed by atoms with van der Waals surface area (Å²) in [5.41, 5.74) is 0.788. The van der Waals surface area contributed by atoms with Gasteiger partial charge in [-0.05, 0) is 93.3 Å². The van der Waals surface area contributed by atoms with Gasteiger partial charge in [0.25, 0.3) is 0 Å². The highest BCUT2D eigenvalue weighted by Crippen LogP contribution is 2.36. The molecule has 0 saturated heterocycles. The lowest BCUT2D eigenvalue weighted by Gasteiger charge is -2.36. The van der Waals surface area contributed by atoms with Crippen LogP contribution in [0.25, 0.3) is 0 Å². The predicted molar refractivity (Wildman–Crippen MR) is 156 cm³/mol. The number of nitrogens with zero attached hydrogens (tertiary/aromatic N) is 3. The predicted octanol–water partition coefficient (Wildman–Crippen LogP) is 6.04. The molecular formula is C29H43ClN6O3. The number of aromatic nitrogens is 2. The summed E-state index contributed by atoms with van der Waals surface area (Å²) in [4.78, 5) is 19.9. The molecular weight excluding hydrogens is 516 g/mol. The molecule has 0 aliphatic heterocycles. The highest BCUT2D eigenvalue weighted by molar-refractivity contribution is 6.31. The normalized spacial score (nSPS) is 25.3. The van der Waals surface area contributed by atoms with Crippen molar-refractivity contribution in [3.05, 3.63) is 51.2 Å². The Bertz CT molecular complexity index is 1070. The summed E-state index contributed by atoms with van der Waals surface area (Å²) in [5, 5.41) is 32.3. The van der Waals surface area contributed by atoms with Crippen LogP contribution in [0.2, 0.25) is 5.02 Å². The third-order valence-corrected chi connectivity index (χ3v) is 8.67. The monoisotopic (exact) mass is 558 g/mol. The van der Waals surface area contributed by atoms with Crippen LogP contribution in [0, 0.1) is 33.8 Å². The lowest BCUT2D eigenvalue weighted by molar-refractivity contribution is -0.384. The van der Waals surface area contributed by atoms with E-state index in [1.54, 1.807) is 0 Å². The van der Waals surface area contributed by atoms with Crippen molar-refractivity contribution >= 4 is 29.1 Å². The van der Waals surface area contributed by atoms with E-state index < -0.39 is 4.92 Å². The SMILES string of the molecule is CCCC1C[C@@H](CNC[C@H]2CC[C@H](O)CC2)C[C@H](CNc2nc(NCc3ccccc3Cl)ncc2[N+](=O)[O-])C1. The van der Waals surface area contributed by atoms with Gasteiger partial charge < -0.3 is 21.1 Å². The molecule has 3 atom stereocenters. The third kappa shape index (κ3) is 9.01. The van der Waals surface area contributed by atoms with Gasteiger partial charge in [0.05, 0.1) is 11.0 Å². The van der Waals surface area contributed by atoms with Crippen molar-refractivity contribution in [2.75, 3.05) is 30.3 Å². The van der Waals surface area contributed by atoms with Gasteiger partial charge in [0.2, 0.25) is 11.8 Å². The average molecular weight is 559 g/mol. The van der Waals surface area contributed by atoms with Gasteiger partial charge in [-0.25, -0.2) is 4.98 Å². The van der Waals surface area contributed by atoms with E-state index >= 15 is 0 Å². The molecule has 0 bridgehead atoms. The Morgan fingerprint density at radius 2 is 1.69 bits per heavy atom. The molecule has 0 radical (unpaired) electrons. The van der Waals surface area contributed by atoms with Gasteiger partial charge in [-0.2, -0.15) is 4.98 Å². The van der Waals surface area contributed by atoms with Gasteiger partial charge >= 0.3 is 5.69 Å². The fraction of sp³-hybridized carbons (Fsp3) is 0.655. The summed E-state index contributed by atoms with van der Waals surface area (Å²) in [6.45, 7) is 5.36. The molecule has 2 aliphatic carbocycles. The molecule has 10 heteroatoms. The minimum absolute atomic E-state index is 0.109. The van der Waals surface area contributed by atoms with Crippen molar-refractivity contribution in [1.29, 1.82) is 0 Å². The first kappa shape index (κ1) is 29.5. The van der Waals surface area contributed by atoms with Crippen LogP contribution in [0.3, 0.4) is 0 Å². The largest absolute Gasteiger partial charge is 0.393 e. The number of aliphatic hydroxyl groups is 1. The first-order valence-corrected chi connectivity index (χ1v) is 14.9. The molecule has 2 aromatic rings. The number of hydrogen-bond acceptors (Lipinski definition) is 8. The first-order chi connectivity index (χ1) is 18.9. The number of benzene rings is 1. The van der Waals surface area contributed by atoms with E-state index in [4.69, 9.17) is 11.6 Å². The van der Waals surface area contributed by atoms with Crippen molar-refractivity contribution in [3.63, 3.8) is 0 Å². The second-order valence-electron chi connectivity index (χ2n) is 11.4. The topological polar surface area (TPSA) is 125 Å². The second kappa shape index (κ2) is 14.8. The summed E-state index contributed by atoms with van der Waals surface area (Å²) in [7, 11) is 0. The van der Waals surface area contributed by atoms with Crippen molar-refractivity contribution in [2.24, 2.45) is 23.7 Å². The number of aliphatic hydroxyl groups excluding tert-OH is 1. The van der Waals surface area contributed by atoms with Gasteiger partial charge in [-0.1, -0.05) is 49.6 Å². The fourth-order valence-electron chi connectivity index (χ4n) is 6.30. The zero-order valence-electron chi connectivity index (χ0n) is 22.9. The van der Waals surface area contributed by atoms with Gasteiger partial charge in [0.15, 0.2) is 0 Å². The lowest BCUT2D eigenvalue weighted by Crippen LogP contribution is -2.36. The van der Waals surface area contributed by atoms with Crippen LogP contribution >= 0.6 is 11.6 Å². The minimum Gasteiger partial charge on any atom is -0.393 e. The summed E-state index contributed by atoms with van der Waals surface area (Å²) in [6, 6.07) is 7.52. The van der Waals surface area contributed by atoms with Gasteiger partial charge in [0.1, 0.15) is 6.20 Å². The van der Waals surface area contributed by atoms with Crippen LogP contribution < -0.4 is 16.0 Å². The molecule has 9 nitrogen and oxygen atoms in total. The molecule has 1 aromatic carbocycles. The summed E-state index contributed by atoms with van der Waals surface area (Å²) in [5.74, 6) is 2.96. The van der Waals surface area contributed by atoms with E-state index in [9.17, 15) is 15.2 Å².